The molecular weight excluding hydrogens is 354 g/mol. The molecule has 2 aromatic heterocycles. The van der Waals surface area contributed by atoms with Crippen LogP contribution in [0, 0.1) is 4.91 Å². The highest BCUT2D eigenvalue weighted by atomic mass is 32.2. The molecule has 26 heavy (non-hydrogen) atoms. The van der Waals surface area contributed by atoms with Crippen molar-refractivity contribution in [2.24, 2.45) is 10.9 Å². The first-order chi connectivity index (χ1) is 12.7. The first kappa shape index (κ1) is 17.9. The second kappa shape index (κ2) is 8.45. The Balaban J connectivity index is 1.62. The second-order valence-corrected chi connectivity index (χ2v) is 6.38. The lowest BCUT2D eigenvalue weighted by molar-refractivity contribution is -0.119. The topological polar surface area (TPSA) is 124 Å². The predicted octanol–water partition coefficient (Wildman–Crippen LogP) is 2.59. The van der Waals surface area contributed by atoms with Gasteiger partial charge in [-0.2, -0.15) is 0 Å². The minimum Gasteiger partial charge on any atom is -0.411 e. The number of aromatic nitrogens is 3. The quantitative estimate of drug-likeness (QED) is 0.498. The van der Waals surface area contributed by atoms with Crippen LogP contribution >= 0.6 is 11.8 Å². The highest BCUT2D eigenvalue weighted by Gasteiger charge is 2.15. The summed E-state index contributed by atoms with van der Waals surface area (Å²) in [5, 5.41) is 10.9. The second-order valence-electron chi connectivity index (χ2n) is 5.46. The molecule has 2 heterocycles. The van der Waals surface area contributed by atoms with Crippen LogP contribution in [0.4, 0.5) is 0 Å². The maximum Gasteiger partial charge on any atom is 0.303 e. The van der Waals surface area contributed by atoms with Gasteiger partial charge in [0.25, 0.3) is 5.22 Å². The van der Waals surface area contributed by atoms with Crippen molar-refractivity contribution in [3.05, 3.63) is 64.8 Å². The molecule has 0 aliphatic heterocycles. The molecule has 0 aliphatic carbocycles. The number of hydrogen-bond donors (Lipinski definition) is 1. The van der Waals surface area contributed by atoms with Crippen LogP contribution in [0.15, 0.2) is 63.6 Å². The van der Waals surface area contributed by atoms with Crippen molar-refractivity contribution in [3.8, 4) is 11.5 Å². The minimum atomic E-state index is -0.922. The van der Waals surface area contributed by atoms with Crippen LogP contribution in [0.2, 0.25) is 0 Å². The maximum absolute atomic E-state index is 11.2. The Morgan fingerprint density at radius 2 is 1.96 bits per heavy atom. The number of carbonyl (C=O) groups excluding carboxylic acids is 1. The van der Waals surface area contributed by atoms with Crippen molar-refractivity contribution < 1.29 is 9.21 Å². The van der Waals surface area contributed by atoms with Gasteiger partial charge in [-0.25, -0.2) is 0 Å². The fourth-order valence-electron chi connectivity index (χ4n) is 2.28. The third kappa shape index (κ3) is 4.58. The molecular formula is C17H15N5O3S. The molecule has 0 saturated carbocycles. The molecule has 1 amide bonds. The molecule has 132 valence electrons. The van der Waals surface area contributed by atoms with Crippen molar-refractivity contribution >= 4 is 17.7 Å². The zero-order valence-electron chi connectivity index (χ0n) is 13.6. The average Bonchev–Trinajstić information content (AvgIpc) is 3.16. The van der Waals surface area contributed by atoms with E-state index in [-0.39, 0.29) is 6.42 Å². The van der Waals surface area contributed by atoms with Crippen molar-refractivity contribution in [2.75, 3.05) is 0 Å². The van der Waals surface area contributed by atoms with E-state index in [9.17, 15) is 9.70 Å². The molecule has 1 aromatic carbocycles. The van der Waals surface area contributed by atoms with E-state index in [2.05, 4.69) is 20.4 Å². The van der Waals surface area contributed by atoms with E-state index >= 15 is 0 Å². The van der Waals surface area contributed by atoms with E-state index in [1.807, 2.05) is 24.3 Å². The van der Waals surface area contributed by atoms with Crippen molar-refractivity contribution in [1.29, 1.82) is 0 Å². The number of thioether (sulfide) groups is 1. The summed E-state index contributed by atoms with van der Waals surface area (Å²) in [6, 6.07) is 10.3. The van der Waals surface area contributed by atoms with Gasteiger partial charge < -0.3 is 10.2 Å². The molecule has 1 atom stereocenters. The highest BCUT2D eigenvalue weighted by Crippen LogP contribution is 2.25. The number of nitroso groups, excluding NO2 is 1. The zero-order valence-corrected chi connectivity index (χ0v) is 14.4. The molecule has 0 spiro atoms. The predicted molar refractivity (Wildman–Crippen MR) is 96.0 cm³/mol. The lowest BCUT2D eigenvalue weighted by atomic mass is 10.0. The van der Waals surface area contributed by atoms with Gasteiger partial charge in [0.1, 0.15) is 0 Å². The largest absolute Gasteiger partial charge is 0.411 e. The van der Waals surface area contributed by atoms with Gasteiger partial charge in [0.2, 0.25) is 5.89 Å². The number of benzene rings is 1. The van der Waals surface area contributed by atoms with Crippen LogP contribution in [0.25, 0.3) is 11.5 Å². The normalized spacial score (nSPS) is 11.9. The van der Waals surface area contributed by atoms with Gasteiger partial charge in [-0.3, -0.25) is 9.78 Å². The fraction of sp³-hybridized carbons (Fsp3) is 0.176. The molecule has 3 aromatic rings. The van der Waals surface area contributed by atoms with Gasteiger partial charge in [0, 0.05) is 28.9 Å². The monoisotopic (exact) mass is 369 g/mol. The number of pyridine rings is 1. The van der Waals surface area contributed by atoms with E-state index in [4.69, 9.17) is 10.2 Å². The van der Waals surface area contributed by atoms with Gasteiger partial charge in [-0.15, -0.1) is 15.1 Å². The summed E-state index contributed by atoms with van der Waals surface area (Å²) < 4.78 is 5.63. The van der Waals surface area contributed by atoms with Crippen LogP contribution < -0.4 is 5.73 Å². The van der Waals surface area contributed by atoms with E-state index in [0.29, 0.717) is 16.9 Å². The van der Waals surface area contributed by atoms with Gasteiger partial charge >= 0.3 is 5.91 Å². The summed E-state index contributed by atoms with van der Waals surface area (Å²) in [6.45, 7) is 0. The maximum atomic E-state index is 11.2. The smallest absolute Gasteiger partial charge is 0.303 e. The Kier molecular flexibility index (Phi) is 5.82. The van der Waals surface area contributed by atoms with Gasteiger partial charge in [0.05, 0.1) is 6.04 Å². The number of hydrogen-bond acceptors (Lipinski definition) is 8. The molecule has 8 nitrogen and oxygen atoms in total. The number of nitrogens with two attached hydrogens (primary N) is 1. The van der Waals surface area contributed by atoms with E-state index in [0.717, 1.165) is 16.7 Å². The zero-order chi connectivity index (χ0) is 18.4. The van der Waals surface area contributed by atoms with E-state index in [1.165, 1.54) is 11.8 Å². The molecule has 9 heteroatoms. The molecule has 3 rings (SSSR count). The van der Waals surface area contributed by atoms with Gasteiger partial charge in [-0.05, 0) is 29.7 Å². The number of nitrogens with zero attached hydrogens (tertiary/aromatic N) is 4. The molecule has 0 radical (unpaired) electrons. The molecule has 0 aliphatic rings. The van der Waals surface area contributed by atoms with Crippen LogP contribution in [-0.4, -0.2) is 27.1 Å². The Morgan fingerprint density at radius 3 is 2.73 bits per heavy atom. The third-order valence-electron chi connectivity index (χ3n) is 3.55. The third-order valence-corrected chi connectivity index (χ3v) is 4.44. The van der Waals surface area contributed by atoms with Gasteiger partial charge in [-0.1, -0.05) is 36.0 Å². The Morgan fingerprint density at radius 1 is 1.19 bits per heavy atom. The Labute approximate surface area is 153 Å². The molecule has 0 saturated heterocycles. The number of amides is 1. The number of rotatable bonds is 7. The first-order valence-electron chi connectivity index (χ1n) is 7.73. The number of carbonyl (C=O) groups is 1. The highest BCUT2D eigenvalue weighted by molar-refractivity contribution is 7.98. The average molecular weight is 369 g/mol. The minimum absolute atomic E-state index is 0.260. The fourth-order valence-corrected chi connectivity index (χ4v) is 2.99. The Bertz CT molecular complexity index is 900. The summed E-state index contributed by atoms with van der Waals surface area (Å²) in [4.78, 5) is 25.4. The summed E-state index contributed by atoms with van der Waals surface area (Å²) >= 11 is 1.40. The van der Waals surface area contributed by atoms with Crippen LogP contribution in [0.3, 0.4) is 0 Å². The summed E-state index contributed by atoms with van der Waals surface area (Å²) in [5.74, 6) is 0.203. The van der Waals surface area contributed by atoms with Crippen molar-refractivity contribution in [2.45, 2.75) is 23.4 Å². The lowest BCUT2D eigenvalue weighted by Crippen LogP contribution is -2.31. The van der Waals surface area contributed by atoms with Crippen LogP contribution in [-0.2, 0) is 17.0 Å². The van der Waals surface area contributed by atoms with Crippen LogP contribution in [0.5, 0.6) is 0 Å². The Hall–Kier alpha value is -2.91. The summed E-state index contributed by atoms with van der Waals surface area (Å²) in [7, 11) is 0. The first-order valence-corrected chi connectivity index (χ1v) is 8.71. The lowest BCUT2D eigenvalue weighted by Gasteiger charge is -2.07. The van der Waals surface area contributed by atoms with E-state index < -0.39 is 11.9 Å². The SMILES string of the molecule is NC(Cc1cccc(CSc2nnc(-c3ccncc3)o2)c1)C(=O)N=O. The molecule has 2 N–H and O–H groups in total. The molecule has 0 fully saturated rings. The van der Waals surface area contributed by atoms with Crippen molar-refractivity contribution in [1.82, 2.24) is 15.2 Å². The standard InChI is InChI=1S/C17H15N5O3S/c18-14(15(23)22-24)9-11-2-1-3-12(8-11)10-26-17-21-20-16(25-17)13-4-6-19-7-5-13/h1-8,14H,9-10,18H2. The van der Waals surface area contributed by atoms with Crippen LogP contribution in [0.1, 0.15) is 11.1 Å². The molecule has 0 bridgehead atoms. The van der Waals surface area contributed by atoms with Crippen molar-refractivity contribution in [3.63, 3.8) is 0 Å². The summed E-state index contributed by atoms with van der Waals surface area (Å²) in [6.07, 6.45) is 3.58. The van der Waals surface area contributed by atoms with Gasteiger partial charge in [0.15, 0.2) is 0 Å². The summed E-state index contributed by atoms with van der Waals surface area (Å²) in [5.41, 5.74) is 8.32. The van der Waals surface area contributed by atoms with E-state index in [1.54, 1.807) is 24.5 Å². The molecule has 1 unspecified atom stereocenters.